The molecule has 1 amide bonds. The predicted octanol–water partition coefficient (Wildman–Crippen LogP) is 2.59. The minimum atomic E-state index is -0.987. The second-order valence-corrected chi connectivity index (χ2v) is 6.26. The quantitative estimate of drug-likeness (QED) is 0.354. The number of likely N-dealkylation sites (tertiary alicyclic amines) is 1. The molecule has 1 saturated heterocycles. The fourth-order valence-corrected chi connectivity index (χ4v) is 2.88. The lowest BCUT2D eigenvalue weighted by Crippen LogP contribution is -2.40. The Hall–Kier alpha value is -1.24. The maximum absolute atomic E-state index is 12.5. The summed E-state index contributed by atoms with van der Waals surface area (Å²) in [4.78, 5) is 30.4. The molecule has 4 nitrogen and oxygen atoms in total. The summed E-state index contributed by atoms with van der Waals surface area (Å²) in [5.74, 6) is -0.287. The van der Waals surface area contributed by atoms with Crippen LogP contribution in [0.1, 0.15) is 30.1 Å². The number of allylic oxidation sites excluding steroid dienone is 1. The molecule has 0 radical (unpaired) electrons. The Kier molecular flexibility index (Phi) is 4.34. The van der Waals surface area contributed by atoms with Gasteiger partial charge in [0.25, 0.3) is 5.91 Å². The van der Waals surface area contributed by atoms with E-state index in [1.165, 1.54) is 6.20 Å². The van der Waals surface area contributed by atoms with Crippen LogP contribution < -0.4 is 0 Å². The van der Waals surface area contributed by atoms with Crippen LogP contribution in [0.5, 0.6) is 0 Å². The van der Waals surface area contributed by atoms with E-state index >= 15 is 0 Å². The standard InChI is InChI=1S/C14H15IN2O2/c1-2-3-8-17-9-6-14(15,13(17)19)12(18)11-5-4-7-16-10-11/h3-5,7-8,10H,2,6,9H2,1H3. The molecule has 1 aromatic heterocycles. The number of Topliss-reactive ketones (excluding diaryl/α,β-unsaturated/α-hetero) is 1. The van der Waals surface area contributed by atoms with E-state index in [9.17, 15) is 9.59 Å². The fraction of sp³-hybridized carbons (Fsp3) is 0.357. The van der Waals surface area contributed by atoms with Crippen molar-refractivity contribution in [3.63, 3.8) is 0 Å². The lowest BCUT2D eigenvalue weighted by molar-refractivity contribution is -0.126. The molecule has 0 spiro atoms. The zero-order valence-corrected chi connectivity index (χ0v) is 12.8. The average molecular weight is 370 g/mol. The fourth-order valence-electron chi connectivity index (χ4n) is 2.02. The summed E-state index contributed by atoms with van der Waals surface area (Å²) in [5, 5.41) is 0. The maximum Gasteiger partial charge on any atom is 0.250 e. The van der Waals surface area contributed by atoms with Crippen molar-refractivity contribution in [2.24, 2.45) is 0 Å². The number of halogens is 1. The highest BCUT2D eigenvalue weighted by Crippen LogP contribution is 2.35. The van der Waals surface area contributed by atoms with E-state index < -0.39 is 3.42 Å². The Morgan fingerprint density at radius 2 is 2.42 bits per heavy atom. The average Bonchev–Trinajstić information content (AvgIpc) is 2.74. The number of rotatable bonds is 4. The molecule has 1 aliphatic rings. The van der Waals surface area contributed by atoms with E-state index in [2.05, 4.69) is 4.98 Å². The van der Waals surface area contributed by atoms with Crippen LogP contribution in [0.3, 0.4) is 0 Å². The summed E-state index contributed by atoms with van der Waals surface area (Å²) in [6, 6.07) is 3.41. The molecule has 2 rings (SSSR count). The first-order chi connectivity index (χ1) is 9.09. The molecule has 1 aliphatic heterocycles. The number of hydrogen-bond acceptors (Lipinski definition) is 3. The summed E-state index contributed by atoms with van der Waals surface area (Å²) in [6.45, 7) is 2.60. The molecule has 0 aliphatic carbocycles. The maximum atomic E-state index is 12.5. The SMILES string of the molecule is CCC=CN1CCC(I)(C(=O)c2cccnc2)C1=O. The number of aromatic nitrogens is 1. The van der Waals surface area contributed by atoms with Gasteiger partial charge in [-0.2, -0.15) is 0 Å². The summed E-state index contributed by atoms with van der Waals surface area (Å²) < 4.78 is -0.987. The van der Waals surface area contributed by atoms with E-state index in [4.69, 9.17) is 0 Å². The number of pyridine rings is 1. The monoisotopic (exact) mass is 370 g/mol. The molecule has 0 N–H and O–H groups in total. The summed E-state index contributed by atoms with van der Waals surface area (Å²) in [6.07, 6.45) is 8.24. The topological polar surface area (TPSA) is 50.3 Å². The van der Waals surface area contributed by atoms with Gasteiger partial charge in [0, 0.05) is 30.7 Å². The van der Waals surface area contributed by atoms with Crippen LogP contribution in [-0.2, 0) is 4.79 Å². The van der Waals surface area contributed by atoms with Gasteiger partial charge in [-0.15, -0.1) is 0 Å². The Morgan fingerprint density at radius 1 is 1.63 bits per heavy atom. The van der Waals surface area contributed by atoms with Crippen LogP contribution in [0, 0.1) is 0 Å². The smallest absolute Gasteiger partial charge is 0.250 e. The van der Waals surface area contributed by atoms with Gasteiger partial charge in [-0.25, -0.2) is 0 Å². The van der Waals surface area contributed by atoms with Crippen molar-refractivity contribution >= 4 is 34.3 Å². The molecule has 1 unspecified atom stereocenters. The van der Waals surface area contributed by atoms with Gasteiger partial charge in [0.1, 0.15) is 0 Å². The van der Waals surface area contributed by atoms with Crippen molar-refractivity contribution in [3.05, 3.63) is 42.4 Å². The lowest BCUT2D eigenvalue weighted by Gasteiger charge is -2.18. The Bertz CT molecular complexity index is 515. The van der Waals surface area contributed by atoms with Gasteiger partial charge in [0.05, 0.1) is 0 Å². The molecule has 1 atom stereocenters. The van der Waals surface area contributed by atoms with Gasteiger partial charge < -0.3 is 4.90 Å². The largest absolute Gasteiger partial charge is 0.318 e. The van der Waals surface area contributed by atoms with Crippen molar-refractivity contribution in [2.75, 3.05) is 6.54 Å². The second kappa shape index (κ2) is 5.81. The van der Waals surface area contributed by atoms with Crippen LogP contribution in [-0.4, -0.2) is 31.5 Å². The number of nitrogens with zero attached hydrogens (tertiary/aromatic N) is 2. The molecule has 0 bridgehead atoms. The number of ketones is 1. The van der Waals surface area contributed by atoms with Crippen molar-refractivity contribution in [1.29, 1.82) is 0 Å². The highest BCUT2D eigenvalue weighted by atomic mass is 127. The molecule has 19 heavy (non-hydrogen) atoms. The van der Waals surface area contributed by atoms with Crippen LogP contribution in [0.2, 0.25) is 0 Å². The number of hydrogen-bond donors (Lipinski definition) is 0. The molecule has 1 aromatic rings. The van der Waals surface area contributed by atoms with Crippen LogP contribution >= 0.6 is 22.6 Å². The Morgan fingerprint density at radius 3 is 3.05 bits per heavy atom. The van der Waals surface area contributed by atoms with Gasteiger partial charge in [-0.3, -0.25) is 14.6 Å². The molecule has 0 aromatic carbocycles. The van der Waals surface area contributed by atoms with E-state index in [-0.39, 0.29) is 11.7 Å². The van der Waals surface area contributed by atoms with Crippen LogP contribution in [0.4, 0.5) is 0 Å². The molecular weight excluding hydrogens is 355 g/mol. The molecule has 1 fully saturated rings. The van der Waals surface area contributed by atoms with Crippen LogP contribution in [0.25, 0.3) is 0 Å². The highest BCUT2D eigenvalue weighted by Gasteiger charge is 2.50. The number of carbonyl (C=O) groups excluding carboxylic acids is 2. The van der Waals surface area contributed by atoms with Crippen LogP contribution in [0.15, 0.2) is 36.8 Å². The first-order valence-electron chi connectivity index (χ1n) is 6.21. The third kappa shape index (κ3) is 2.70. The first-order valence-corrected chi connectivity index (χ1v) is 7.29. The Labute approximate surface area is 126 Å². The normalized spacial score (nSPS) is 23.3. The number of carbonyl (C=O) groups is 2. The lowest BCUT2D eigenvalue weighted by atomic mass is 9.97. The minimum Gasteiger partial charge on any atom is -0.318 e. The molecule has 100 valence electrons. The van der Waals surface area contributed by atoms with E-state index in [0.717, 1.165) is 6.42 Å². The third-order valence-electron chi connectivity index (χ3n) is 3.10. The van der Waals surface area contributed by atoms with E-state index in [1.807, 2.05) is 35.6 Å². The van der Waals surface area contributed by atoms with Gasteiger partial charge in [-0.05, 0) is 25.0 Å². The Balaban J connectivity index is 2.23. The number of alkyl halides is 1. The van der Waals surface area contributed by atoms with Gasteiger partial charge in [0.15, 0.2) is 9.20 Å². The first kappa shape index (κ1) is 14.2. The zero-order chi connectivity index (χ0) is 13.9. The number of amides is 1. The minimum absolute atomic E-state index is 0.133. The summed E-state index contributed by atoms with van der Waals surface area (Å²) in [7, 11) is 0. The van der Waals surface area contributed by atoms with Crippen molar-refractivity contribution in [3.8, 4) is 0 Å². The third-order valence-corrected chi connectivity index (χ3v) is 4.59. The van der Waals surface area contributed by atoms with E-state index in [1.54, 1.807) is 29.4 Å². The zero-order valence-electron chi connectivity index (χ0n) is 10.7. The van der Waals surface area contributed by atoms with Gasteiger partial charge >= 0.3 is 0 Å². The molecular formula is C14H15IN2O2. The molecule has 5 heteroatoms. The van der Waals surface area contributed by atoms with Gasteiger partial charge in [-0.1, -0.05) is 35.6 Å². The predicted molar refractivity (Wildman–Crippen MR) is 81.1 cm³/mol. The van der Waals surface area contributed by atoms with E-state index in [0.29, 0.717) is 18.5 Å². The molecule has 0 saturated carbocycles. The summed E-state index contributed by atoms with van der Waals surface area (Å²) >= 11 is 1.99. The van der Waals surface area contributed by atoms with Gasteiger partial charge in [0.2, 0.25) is 0 Å². The second-order valence-electron chi connectivity index (χ2n) is 4.41. The van der Waals surface area contributed by atoms with Crippen molar-refractivity contribution < 1.29 is 9.59 Å². The molecule has 2 heterocycles. The summed E-state index contributed by atoms with van der Waals surface area (Å²) in [5.41, 5.74) is 0.492. The highest BCUT2D eigenvalue weighted by molar-refractivity contribution is 14.1. The van der Waals surface area contributed by atoms with Crippen molar-refractivity contribution in [1.82, 2.24) is 9.88 Å². The van der Waals surface area contributed by atoms with Crippen molar-refractivity contribution in [2.45, 2.75) is 23.2 Å².